The van der Waals surface area contributed by atoms with Crippen LogP contribution in [-0.4, -0.2) is 22.1 Å². The molecule has 0 radical (unpaired) electrons. The summed E-state index contributed by atoms with van der Waals surface area (Å²) in [5, 5.41) is 3.00. The number of ether oxygens (including phenoxy) is 1. The second kappa shape index (κ2) is 9.69. The van der Waals surface area contributed by atoms with E-state index in [2.05, 4.69) is 17.2 Å². The second-order valence-corrected chi connectivity index (χ2v) is 6.44. The van der Waals surface area contributed by atoms with Crippen LogP contribution in [0.2, 0.25) is 0 Å². The van der Waals surface area contributed by atoms with Crippen LogP contribution in [0.25, 0.3) is 0 Å². The summed E-state index contributed by atoms with van der Waals surface area (Å²) in [5.41, 5.74) is 3.98. The van der Waals surface area contributed by atoms with Crippen LogP contribution in [0.5, 0.6) is 0 Å². The molecule has 0 saturated carbocycles. The second-order valence-electron chi connectivity index (χ2n) is 6.44. The van der Waals surface area contributed by atoms with Crippen molar-refractivity contribution in [1.29, 1.82) is 0 Å². The van der Waals surface area contributed by atoms with Crippen LogP contribution in [-0.2, 0) is 24.4 Å². The number of nitrogens with one attached hydrogen (secondary N) is 1. The van der Waals surface area contributed by atoms with Gasteiger partial charge in [0.05, 0.1) is 12.9 Å². The first kappa shape index (κ1) is 18.9. The Balaban J connectivity index is 1.56. The lowest BCUT2D eigenvalue weighted by Crippen LogP contribution is -2.23. The summed E-state index contributed by atoms with van der Waals surface area (Å²) < 4.78 is 7.63. The number of aromatic nitrogens is 2. The number of imidazole rings is 1. The van der Waals surface area contributed by atoms with Gasteiger partial charge in [0, 0.05) is 37.7 Å². The Morgan fingerprint density at radius 1 is 1.11 bits per heavy atom. The van der Waals surface area contributed by atoms with E-state index >= 15 is 0 Å². The fraction of sp³-hybridized carbons (Fsp3) is 0.273. The molecule has 0 spiro atoms. The molecule has 27 heavy (non-hydrogen) atoms. The highest BCUT2D eigenvalue weighted by atomic mass is 16.5. The van der Waals surface area contributed by atoms with Crippen LogP contribution < -0.4 is 5.32 Å². The largest absolute Gasteiger partial charge is 0.377 e. The summed E-state index contributed by atoms with van der Waals surface area (Å²) in [7, 11) is 0. The molecule has 0 saturated heterocycles. The van der Waals surface area contributed by atoms with E-state index in [1.807, 2.05) is 59.3 Å². The van der Waals surface area contributed by atoms with Gasteiger partial charge in [-0.2, -0.15) is 0 Å². The summed E-state index contributed by atoms with van der Waals surface area (Å²) in [6.45, 7) is 4.64. The highest BCUT2D eigenvalue weighted by molar-refractivity contribution is 5.94. The Morgan fingerprint density at radius 3 is 2.59 bits per heavy atom. The minimum Gasteiger partial charge on any atom is -0.377 e. The number of carbonyl (C=O) groups is 1. The Hall–Kier alpha value is -2.92. The molecule has 5 heteroatoms. The summed E-state index contributed by atoms with van der Waals surface area (Å²) in [6.07, 6.45) is 6.45. The molecule has 0 aliphatic heterocycles. The average Bonchev–Trinajstić information content (AvgIpc) is 3.21. The van der Waals surface area contributed by atoms with E-state index in [4.69, 9.17) is 4.74 Å². The van der Waals surface area contributed by atoms with Crippen LogP contribution in [0.4, 0.5) is 0 Å². The Labute approximate surface area is 160 Å². The number of amides is 1. The van der Waals surface area contributed by atoms with Crippen molar-refractivity contribution >= 4 is 5.91 Å². The Morgan fingerprint density at radius 2 is 1.89 bits per heavy atom. The molecule has 0 aliphatic carbocycles. The van der Waals surface area contributed by atoms with Crippen molar-refractivity contribution < 1.29 is 9.53 Å². The highest BCUT2D eigenvalue weighted by Gasteiger charge is 2.08. The first-order chi connectivity index (χ1) is 13.3. The van der Waals surface area contributed by atoms with Gasteiger partial charge in [-0.15, -0.1) is 0 Å². The summed E-state index contributed by atoms with van der Waals surface area (Å²) in [6, 6.07) is 15.7. The van der Waals surface area contributed by atoms with Gasteiger partial charge in [-0.25, -0.2) is 4.98 Å². The van der Waals surface area contributed by atoms with Gasteiger partial charge >= 0.3 is 0 Å². The van der Waals surface area contributed by atoms with E-state index in [9.17, 15) is 4.79 Å². The molecule has 2 aromatic carbocycles. The molecule has 0 bridgehead atoms. The van der Waals surface area contributed by atoms with E-state index in [1.165, 1.54) is 0 Å². The number of hydrogen-bond donors (Lipinski definition) is 1. The highest BCUT2D eigenvalue weighted by Crippen LogP contribution is 2.11. The van der Waals surface area contributed by atoms with Crippen LogP contribution >= 0.6 is 0 Å². The van der Waals surface area contributed by atoms with Crippen LogP contribution in [0.3, 0.4) is 0 Å². The van der Waals surface area contributed by atoms with Crippen LogP contribution in [0.15, 0.2) is 67.3 Å². The van der Waals surface area contributed by atoms with Crippen molar-refractivity contribution in [3.8, 4) is 0 Å². The molecule has 0 atom stereocenters. The van der Waals surface area contributed by atoms with Gasteiger partial charge in [-0.1, -0.05) is 43.3 Å². The molecule has 1 amide bonds. The molecular weight excluding hydrogens is 338 g/mol. The maximum Gasteiger partial charge on any atom is 0.251 e. The molecule has 5 nitrogen and oxygen atoms in total. The first-order valence-corrected chi connectivity index (χ1v) is 9.23. The third-order valence-corrected chi connectivity index (χ3v) is 4.30. The number of benzene rings is 2. The van der Waals surface area contributed by atoms with Crippen molar-refractivity contribution in [3.05, 3.63) is 89.5 Å². The zero-order valence-electron chi connectivity index (χ0n) is 15.6. The zero-order chi connectivity index (χ0) is 18.9. The van der Waals surface area contributed by atoms with E-state index in [-0.39, 0.29) is 5.91 Å². The molecule has 1 aromatic heterocycles. The summed E-state index contributed by atoms with van der Waals surface area (Å²) in [5.74, 6) is -0.0755. The maximum atomic E-state index is 12.5. The molecule has 0 aliphatic rings. The fourth-order valence-electron chi connectivity index (χ4n) is 2.83. The molecule has 1 heterocycles. The lowest BCUT2D eigenvalue weighted by molar-refractivity contribution is 0.0949. The minimum absolute atomic E-state index is 0.0755. The molecule has 3 aromatic rings. The predicted octanol–water partition coefficient (Wildman–Crippen LogP) is 3.79. The van der Waals surface area contributed by atoms with E-state index in [0.717, 1.165) is 36.3 Å². The summed E-state index contributed by atoms with van der Waals surface area (Å²) >= 11 is 0. The van der Waals surface area contributed by atoms with Crippen LogP contribution in [0, 0.1) is 0 Å². The number of carbonyl (C=O) groups excluding carboxylic acids is 1. The van der Waals surface area contributed by atoms with Gasteiger partial charge in [-0.3, -0.25) is 4.79 Å². The van der Waals surface area contributed by atoms with Gasteiger partial charge in [0.25, 0.3) is 5.91 Å². The standard InChI is InChI=1S/C22H25N3O2/c1-2-13-27-16-21-6-4-3-5-20(21)14-24-22(26)19-9-7-18(8-10-19)15-25-12-11-23-17-25/h3-12,17H,2,13-16H2,1H3,(H,24,26). The topological polar surface area (TPSA) is 56.1 Å². The minimum atomic E-state index is -0.0755. The average molecular weight is 363 g/mol. The zero-order valence-corrected chi connectivity index (χ0v) is 15.6. The smallest absolute Gasteiger partial charge is 0.251 e. The lowest BCUT2D eigenvalue weighted by atomic mass is 10.1. The molecular formula is C22H25N3O2. The van der Waals surface area contributed by atoms with Crippen LogP contribution in [0.1, 0.15) is 40.4 Å². The van der Waals surface area contributed by atoms with Crippen molar-refractivity contribution in [2.45, 2.75) is 33.0 Å². The van der Waals surface area contributed by atoms with Gasteiger partial charge in [0.2, 0.25) is 0 Å². The quantitative estimate of drug-likeness (QED) is 0.589. The van der Waals surface area contributed by atoms with E-state index < -0.39 is 0 Å². The van der Waals surface area contributed by atoms with Gasteiger partial charge < -0.3 is 14.6 Å². The molecule has 1 N–H and O–H groups in total. The number of hydrogen-bond acceptors (Lipinski definition) is 3. The van der Waals surface area contributed by atoms with Crippen molar-refractivity contribution in [1.82, 2.24) is 14.9 Å². The van der Waals surface area contributed by atoms with Gasteiger partial charge in [0.1, 0.15) is 0 Å². The van der Waals surface area contributed by atoms with Crippen molar-refractivity contribution in [3.63, 3.8) is 0 Å². The van der Waals surface area contributed by atoms with Gasteiger partial charge in [-0.05, 0) is 35.2 Å². The lowest BCUT2D eigenvalue weighted by Gasteiger charge is -2.11. The van der Waals surface area contributed by atoms with Crippen molar-refractivity contribution in [2.24, 2.45) is 0 Å². The van der Waals surface area contributed by atoms with Gasteiger partial charge in [0.15, 0.2) is 0 Å². The Kier molecular flexibility index (Phi) is 6.77. The fourth-order valence-corrected chi connectivity index (χ4v) is 2.83. The maximum absolute atomic E-state index is 12.5. The molecule has 140 valence electrons. The third-order valence-electron chi connectivity index (χ3n) is 4.30. The van der Waals surface area contributed by atoms with E-state index in [1.54, 1.807) is 12.5 Å². The molecule has 0 unspecified atom stereocenters. The third kappa shape index (κ3) is 5.53. The predicted molar refractivity (Wildman–Crippen MR) is 105 cm³/mol. The van der Waals surface area contributed by atoms with Crippen molar-refractivity contribution in [2.75, 3.05) is 6.61 Å². The number of rotatable bonds is 9. The monoisotopic (exact) mass is 363 g/mol. The first-order valence-electron chi connectivity index (χ1n) is 9.23. The SMILES string of the molecule is CCCOCc1ccccc1CNC(=O)c1ccc(Cn2ccnc2)cc1. The Bertz CT molecular complexity index is 842. The van der Waals surface area contributed by atoms with E-state index in [0.29, 0.717) is 18.7 Å². The normalized spacial score (nSPS) is 10.7. The number of nitrogens with zero attached hydrogens (tertiary/aromatic N) is 2. The molecule has 3 rings (SSSR count). The molecule has 0 fully saturated rings. The summed E-state index contributed by atoms with van der Waals surface area (Å²) in [4.78, 5) is 16.5.